The fourth-order valence-electron chi connectivity index (χ4n) is 9.04. The second-order valence-electron chi connectivity index (χ2n) is 15.3. The predicted octanol–water partition coefficient (Wildman–Crippen LogP) is 7.50. The summed E-state index contributed by atoms with van der Waals surface area (Å²) < 4.78 is 5.52. The summed E-state index contributed by atoms with van der Waals surface area (Å²) in [5.74, 6) is 9.54. The van der Waals surface area contributed by atoms with E-state index in [1.54, 1.807) is 4.90 Å². The molecule has 242 valence electrons. The number of benzene rings is 2. The lowest BCUT2D eigenvalue weighted by atomic mass is 9.52. The molecule has 1 saturated heterocycles. The number of hydrogen-bond donors (Lipinski definition) is 2. The lowest BCUT2D eigenvalue weighted by molar-refractivity contribution is -0.0396. The van der Waals surface area contributed by atoms with Gasteiger partial charge in [0, 0.05) is 43.9 Å². The van der Waals surface area contributed by atoms with E-state index in [1.165, 1.54) is 23.2 Å². The molecule has 0 radical (unpaired) electrons. The number of unbranched alkanes of at least 4 members (excludes halogenated alkanes) is 2. The lowest BCUT2D eigenvalue weighted by Crippen LogP contribution is -2.50. The molecule has 3 aliphatic carbocycles. The van der Waals surface area contributed by atoms with Crippen molar-refractivity contribution in [1.82, 2.24) is 4.90 Å². The van der Waals surface area contributed by atoms with Gasteiger partial charge in [-0.3, -0.25) is 0 Å². The molecule has 2 N–H and O–H groups in total. The Morgan fingerprint density at radius 3 is 2.51 bits per heavy atom. The first-order valence-corrected chi connectivity index (χ1v) is 17.3. The van der Waals surface area contributed by atoms with Gasteiger partial charge in [0.05, 0.1) is 6.10 Å². The molecule has 6 heteroatoms. The summed E-state index contributed by atoms with van der Waals surface area (Å²) in [6.07, 6.45) is 9.34. The third-order valence-corrected chi connectivity index (χ3v) is 11.4. The van der Waals surface area contributed by atoms with E-state index in [-0.39, 0.29) is 17.6 Å². The van der Waals surface area contributed by atoms with Gasteiger partial charge in [0.15, 0.2) is 0 Å². The van der Waals surface area contributed by atoms with Gasteiger partial charge in [-0.1, -0.05) is 31.3 Å². The standard InChI is InChI=1S/C39H52N2O4/c1-38(2,3)45-37(44)41-23-21-40(22-24-41)30-13-11-27(12-14-30)9-7-5-6-8-10-28-25-29-26-31(42)15-16-32(29)33-19-20-39(4)34(36(28)33)17-18-35(39)43/h11-16,26,28,33-36,42-43H,5-6,8,10,17-25H2,1-4H3/t28-,33?,34?,35+,36?,39+/m1/s1. The zero-order valence-electron chi connectivity index (χ0n) is 27.7. The Labute approximate surface area is 270 Å². The highest BCUT2D eigenvalue weighted by Crippen LogP contribution is 2.62. The molecule has 6 rings (SSSR count). The molecule has 6 atom stereocenters. The Bertz CT molecular complexity index is 1410. The van der Waals surface area contributed by atoms with Crippen LogP contribution in [0.4, 0.5) is 10.5 Å². The van der Waals surface area contributed by atoms with Crippen LogP contribution in [0.1, 0.15) is 102 Å². The van der Waals surface area contributed by atoms with Crippen LogP contribution in [0.3, 0.4) is 0 Å². The van der Waals surface area contributed by atoms with Crippen molar-refractivity contribution in [2.45, 2.75) is 103 Å². The van der Waals surface area contributed by atoms with Crippen LogP contribution in [0, 0.1) is 35.0 Å². The summed E-state index contributed by atoms with van der Waals surface area (Å²) in [6.45, 7) is 11.0. The van der Waals surface area contributed by atoms with Crippen LogP contribution in [-0.2, 0) is 11.2 Å². The number of aromatic hydroxyl groups is 1. The molecule has 0 bridgehead atoms. The first-order valence-electron chi connectivity index (χ1n) is 17.3. The molecular formula is C39H52N2O4. The number of phenols is 1. The molecule has 0 aromatic heterocycles. The van der Waals surface area contributed by atoms with Gasteiger partial charge in [-0.25, -0.2) is 4.79 Å². The van der Waals surface area contributed by atoms with Gasteiger partial charge in [0.25, 0.3) is 0 Å². The number of nitrogens with zero attached hydrogens (tertiary/aromatic N) is 2. The minimum Gasteiger partial charge on any atom is -0.508 e. The minimum atomic E-state index is -0.471. The summed E-state index contributed by atoms with van der Waals surface area (Å²) in [5.41, 5.74) is 4.59. The molecule has 2 saturated carbocycles. The van der Waals surface area contributed by atoms with Crippen LogP contribution < -0.4 is 4.90 Å². The average molecular weight is 613 g/mol. The van der Waals surface area contributed by atoms with Crippen molar-refractivity contribution in [3.63, 3.8) is 0 Å². The number of amides is 1. The molecule has 6 nitrogen and oxygen atoms in total. The maximum atomic E-state index is 12.4. The molecule has 2 aromatic rings. The highest BCUT2D eigenvalue weighted by Gasteiger charge is 2.56. The normalized spacial score (nSPS) is 29.2. The van der Waals surface area contributed by atoms with Crippen LogP contribution in [0.5, 0.6) is 5.75 Å². The summed E-state index contributed by atoms with van der Waals surface area (Å²) >= 11 is 0. The molecule has 3 unspecified atom stereocenters. The van der Waals surface area contributed by atoms with E-state index in [2.05, 4.69) is 54.0 Å². The van der Waals surface area contributed by atoms with Crippen molar-refractivity contribution >= 4 is 11.8 Å². The lowest BCUT2D eigenvalue weighted by Gasteiger charge is -2.53. The number of rotatable bonds is 5. The van der Waals surface area contributed by atoms with Crippen molar-refractivity contribution in [2.75, 3.05) is 31.1 Å². The maximum Gasteiger partial charge on any atom is 0.410 e. The number of aliphatic hydroxyl groups is 1. The third-order valence-electron chi connectivity index (χ3n) is 11.4. The number of fused-ring (bicyclic) bond motifs is 5. The van der Waals surface area contributed by atoms with E-state index < -0.39 is 5.60 Å². The van der Waals surface area contributed by atoms with Crippen molar-refractivity contribution in [3.05, 3.63) is 59.2 Å². The molecule has 1 heterocycles. The summed E-state index contributed by atoms with van der Waals surface area (Å²) in [5, 5.41) is 21.2. The van der Waals surface area contributed by atoms with E-state index in [4.69, 9.17) is 4.74 Å². The monoisotopic (exact) mass is 612 g/mol. The number of carbonyl (C=O) groups is 1. The van der Waals surface area contributed by atoms with Crippen LogP contribution in [0.2, 0.25) is 0 Å². The maximum absolute atomic E-state index is 12.4. The fourth-order valence-corrected chi connectivity index (χ4v) is 9.04. The number of phenolic OH excluding ortho intramolecular Hbond substituents is 1. The van der Waals surface area contributed by atoms with Crippen molar-refractivity contribution < 1.29 is 19.7 Å². The van der Waals surface area contributed by atoms with Gasteiger partial charge in [-0.2, -0.15) is 0 Å². The zero-order valence-corrected chi connectivity index (χ0v) is 27.7. The Morgan fingerprint density at radius 1 is 1.02 bits per heavy atom. The van der Waals surface area contributed by atoms with E-state index in [0.29, 0.717) is 42.5 Å². The second kappa shape index (κ2) is 12.9. The fraction of sp³-hybridized carbons (Fsp3) is 0.615. The van der Waals surface area contributed by atoms with Gasteiger partial charge in [-0.15, -0.1) is 0 Å². The molecule has 3 fully saturated rings. The third kappa shape index (κ3) is 6.85. The number of hydrogen-bond acceptors (Lipinski definition) is 5. The number of aliphatic hydroxyl groups excluding tert-OH is 1. The average Bonchev–Trinajstić information content (AvgIpc) is 3.32. The Morgan fingerprint density at radius 2 is 1.78 bits per heavy atom. The van der Waals surface area contributed by atoms with Gasteiger partial charge in [0.1, 0.15) is 11.4 Å². The van der Waals surface area contributed by atoms with Crippen LogP contribution in [0.25, 0.3) is 0 Å². The molecule has 45 heavy (non-hydrogen) atoms. The van der Waals surface area contributed by atoms with Gasteiger partial charge in [-0.05, 0) is 142 Å². The van der Waals surface area contributed by atoms with Crippen molar-refractivity contribution in [3.8, 4) is 17.6 Å². The summed E-state index contributed by atoms with van der Waals surface area (Å²) in [4.78, 5) is 16.5. The second-order valence-corrected chi connectivity index (χ2v) is 15.3. The molecular weight excluding hydrogens is 560 g/mol. The number of piperazine rings is 1. The number of carbonyl (C=O) groups excluding carboxylic acids is 1. The molecule has 1 amide bonds. The largest absolute Gasteiger partial charge is 0.508 e. The minimum absolute atomic E-state index is 0.0588. The van der Waals surface area contributed by atoms with E-state index >= 15 is 0 Å². The SMILES string of the molecule is CC(C)(C)OC(=O)N1CCN(c2ccc(C#CCCCC[C@@H]3Cc4cc(O)ccc4C4CC[C@@]5(C)C(CC[C@@H]5O)C43)cc2)CC1. The van der Waals surface area contributed by atoms with Crippen LogP contribution in [-0.4, -0.2) is 59.1 Å². The highest BCUT2D eigenvalue weighted by atomic mass is 16.6. The van der Waals surface area contributed by atoms with Gasteiger partial charge in [0.2, 0.25) is 0 Å². The van der Waals surface area contributed by atoms with E-state index in [0.717, 1.165) is 70.0 Å². The number of ether oxygens (including phenoxy) is 1. The zero-order chi connectivity index (χ0) is 31.8. The predicted molar refractivity (Wildman–Crippen MR) is 179 cm³/mol. The van der Waals surface area contributed by atoms with Crippen molar-refractivity contribution in [2.24, 2.45) is 23.2 Å². The summed E-state index contributed by atoms with van der Waals surface area (Å²) in [7, 11) is 0. The summed E-state index contributed by atoms with van der Waals surface area (Å²) in [6, 6.07) is 14.6. The first-order chi connectivity index (χ1) is 21.5. The highest BCUT2D eigenvalue weighted by molar-refractivity contribution is 5.68. The molecule has 2 aromatic carbocycles. The Balaban J connectivity index is 1.000. The Hall–Kier alpha value is -3.17. The quantitative estimate of drug-likeness (QED) is 0.270. The first kappa shape index (κ1) is 31.8. The van der Waals surface area contributed by atoms with Crippen LogP contribution in [0.15, 0.2) is 42.5 Å². The van der Waals surface area contributed by atoms with Gasteiger partial charge >= 0.3 is 6.09 Å². The number of anilines is 1. The Kier molecular flexibility index (Phi) is 9.12. The van der Waals surface area contributed by atoms with Crippen LogP contribution >= 0.6 is 0 Å². The smallest absolute Gasteiger partial charge is 0.410 e. The van der Waals surface area contributed by atoms with Gasteiger partial charge < -0.3 is 24.7 Å². The molecule has 1 aliphatic heterocycles. The molecule has 0 spiro atoms. The van der Waals surface area contributed by atoms with Crippen molar-refractivity contribution in [1.29, 1.82) is 0 Å². The van der Waals surface area contributed by atoms with E-state index in [9.17, 15) is 15.0 Å². The molecule has 4 aliphatic rings. The topological polar surface area (TPSA) is 73.2 Å². The van der Waals surface area contributed by atoms with E-state index in [1.807, 2.05) is 32.9 Å².